The van der Waals surface area contributed by atoms with Crippen LogP contribution in [0.4, 0.5) is 0 Å². The van der Waals surface area contributed by atoms with Crippen molar-refractivity contribution < 1.29 is 29.4 Å². The van der Waals surface area contributed by atoms with Crippen molar-refractivity contribution in [3.8, 4) is 0 Å². The zero-order valence-electron chi connectivity index (χ0n) is 23.1. The lowest BCUT2D eigenvalue weighted by atomic mass is 9.78. The predicted octanol–water partition coefficient (Wildman–Crippen LogP) is 3.29. The molecule has 194 valence electrons. The van der Waals surface area contributed by atoms with E-state index in [1.165, 1.54) is 23.5 Å². The highest BCUT2D eigenvalue weighted by atomic mass is 16.7. The van der Waals surface area contributed by atoms with Gasteiger partial charge in [0.1, 0.15) is 0 Å². The summed E-state index contributed by atoms with van der Waals surface area (Å²) in [5.41, 5.74) is 5.83. The minimum Gasteiger partial charge on any atom is -0.427 e. The van der Waals surface area contributed by atoms with E-state index in [-0.39, 0.29) is 18.3 Å². The highest BCUT2D eigenvalue weighted by Crippen LogP contribution is 2.36. The van der Waals surface area contributed by atoms with Crippen molar-refractivity contribution >= 4 is 43.4 Å². The zero-order valence-corrected chi connectivity index (χ0v) is 23.1. The van der Waals surface area contributed by atoms with Crippen molar-refractivity contribution in [2.75, 3.05) is 0 Å². The van der Waals surface area contributed by atoms with Crippen LogP contribution in [-0.4, -0.2) is 52.7 Å². The molecular formula is C27H41B3O6. The second-order valence-electron chi connectivity index (χ2n) is 9.78. The molecule has 4 N–H and O–H groups in total. The Kier molecular flexibility index (Phi) is 12.4. The van der Waals surface area contributed by atoms with E-state index in [0.717, 1.165) is 11.0 Å². The molecule has 6 nitrogen and oxygen atoms in total. The maximum atomic E-state index is 8.85. The average molecular weight is 494 g/mol. The van der Waals surface area contributed by atoms with Gasteiger partial charge in [0.15, 0.2) is 0 Å². The molecule has 1 heterocycles. The summed E-state index contributed by atoms with van der Waals surface area (Å²) >= 11 is 0. The molecule has 1 aliphatic heterocycles. The lowest BCUT2D eigenvalue weighted by molar-refractivity contribution is 0.00578. The molecule has 0 spiro atoms. The third kappa shape index (κ3) is 9.39. The molecule has 1 saturated heterocycles. The summed E-state index contributed by atoms with van der Waals surface area (Å²) < 4.78 is 12.1. The van der Waals surface area contributed by atoms with E-state index in [1.54, 1.807) is 12.1 Å². The van der Waals surface area contributed by atoms with Gasteiger partial charge in [-0.3, -0.25) is 0 Å². The number of allylic oxidation sites excluding steroid dienone is 4. The van der Waals surface area contributed by atoms with Crippen LogP contribution in [0.5, 0.6) is 0 Å². The Bertz CT molecular complexity index is 978. The minimum absolute atomic E-state index is 0.273. The van der Waals surface area contributed by atoms with Crippen molar-refractivity contribution in [3.05, 3.63) is 71.8 Å². The standard InChI is InChI=1S/C16H23BO2.C10H13BO2.CH5BO2/c1-7-12(2)13-8-10-14(11-9-13)17-18-15(3,4)16(5,6)19-17;1-3-8(2)9-4-6-10(7-5-9)11(12)13;1-2(3)4/h7-11H,1-6H3;3-7,12-13H,1-2H3;3-4H,1H3/b12-7+;8-3+;. The van der Waals surface area contributed by atoms with E-state index in [9.17, 15) is 0 Å². The molecule has 0 aliphatic carbocycles. The first kappa shape index (κ1) is 31.9. The SMILES string of the molecule is C/C=C(\C)c1ccc(B(O)O)cc1.C/C=C(\C)c1ccc(B2OC(C)(C)C(C)(C)O2)cc1.CB(O)O. The normalized spacial score (nSPS) is 16.4. The molecule has 3 rings (SSSR count). The lowest BCUT2D eigenvalue weighted by Gasteiger charge is -2.32. The van der Waals surface area contributed by atoms with Gasteiger partial charge in [-0.25, -0.2) is 0 Å². The molecule has 36 heavy (non-hydrogen) atoms. The average Bonchev–Trinajstić information content (AvgIpc) is 3.05. The maximum absolute atomic E-state index is 8.85. The number of benzene rings is 2. The van der Waals surface area contributed by atoms with Crippen LogP contribution in [-0.2, 0) is 9.31 Å². The van der Waals surface area contributed by atoms with Crippen molar-refractivity contribution in [1.29, 1.82) is 0 Å². The smallest absolute Gasteiger partial charge is 0.427 e. The van der Waals surface area contributed by atoms with E-state index < -0.39 is 14.2 Å². The summed E-state index contributed by atoms with van der Waals surface area (Å²) in [5, 5.41) is 32.9. The Balaban J connectivity index is 0.000000330. The third-order valence-electron chi connectivity index (χ3n) is 6.42. The Hall–Kier alpha value is -2.13. The van der Waals surface area contributed by atoms with E-state index >= 15 is 0 Å². The molecule has 2 aromatic rings. The number of hydrogen-bond donors (Lipinski definition) is 4. The molecule has 0 radical (unpaired) electrons. The Morgan fingerprint density at radius 3 is 1.36 bits per heavy atom. The quantitative estimate of drug-likeness (QED) is 0.488. The number of rotatable bonds is 4. The van der Waals surface area contributed by atoms with Gasteiger partial charge < -0.3 is 29.4 Å². The highest BCUT2D eigenvalue weighted by Gasteiger charge is 2.51. The molecule has 2 aromatic carbocycles. The number of hydrogen-bond acceptors (Lipinski definition) is 6. The van der Waals surface area contributed by atoms with Crippen molar-refractivity contribution in [2.24, 2.45) is 0 Å². The first-order valence-electron chi connectivity index (χ1n) is 12.2. The highest BCUT2D eigenvalue weighted by molar-refractivity contribution is 6.62. The van der Waals surface area contributed by atoms with Crippen LogP contribution in [0.1, 0.15) is 66.5 Å². The summed E-state index contributed by atoms with van der Waals surface area (Å²) in [6.07, 6.45) is 4.13. The van der Waals surface area contributed by atoms with Gasteiger partial charge in [-0.1, -0.05) is 60.7 Å². The maximum Gasteiger partial charge on any atom is 0.494 e. The minimum atomic E-state index is -1.38. The third-order valence-corrected chi connectivity index (χ3v) is 6.42. The molecule has 0 bridgehead atoms. The van der Waals surface area contributed by atoms with E-state index in [2.05, 4.69) is 71.9 Å². The first-order valence-corrected chi connectivity index (χ1v) is 12.2. The fraction of sp³-hybridized carbons (Fsp3) is 0.407. The van der Waals surface area contributed by atoms with E-state index in [0.29, 0.717) is 5.46 Å². The van der Waals surface area contributed by atoms with E-state index in [4.69, 9.17) is 29.4 Å². The summed E-state index contributed by atoms with van der Waals surface area (Å²) in [7, 11) is -2.81. The fourth-order valence-electron chi connectivity index (χ4n) is 3.13. The molecule has 1 fully saturated rings. The first-order chi connectivity index (χ1) is 16.6. The fourth-order valence-corrected chi connectivity index (χ4v) is 3.13. The van der Waals surface area contributed by atoms with E-state index in [1.807, 2.05) is 32.1 Å². The van der Waals surface area contributed by atoms with Crippen LogP contribution >= 0.6 is 0 Å². The summed E-state index contributed by atoms with van der Waals surface area (Å²) in [5.74, 6) is 0. The van der Waals surface area contributed by atoms with Crippen LogP contribution in [0.3, 0.4) is 0 Å². The molecule has 0 aromatic heterocycles. The molecular weight excluding hydrogens is 453 g/mol. The predicted molar refractivity (Wildman–Crippen MR) is 153 cm³/mol. The Morgan fingerprint density at radius 1 is 0.722 bits per heavy atom. The Labute approximate surface area is 218 Å². The molecule has 9 heteroatoms. The second-order valence-corrected chi connectivity index (χ2v) is 9.78. The van der Waals surface area contributed by atoms with Crippen LogP contribution in [0.15, 0.2) is 60.7 Å². The summed E-state index contributed by atoms with van der Waals surface area (Å²) in [6.45, 7) is 17.7. The Morgan fingerprint density at radius 2 is 1.06 bits per heavy atom. The molecule has 0 atom stereocenters. The van der Waals surface area contributed by atoms with Gasteiger partial charge in [0.25, 0.3) is 0 Å². The zero-order chi connectivity index (χ0) is 27.7. The van der Waals surface area contributed by atoms with Crippen molar-refractivity contribution in [1.82, 2.24) is 0 Å². The molecule has 1 aliphatic rings. The van der Waals surface area contributed by atoms with Gasteiger partial charge in [0, 0.05) is 0 Å². The summed E-state index contributed by atoms with van der Waals surface area (Å²) in [6, 6.07) is 15.6. The molecule has 0 saturated carbocycles. The molecule has 0 unspecified atom stereocenters. The largest absolute Gasteiger partial charge is 0.494 e. The van der Waals surface area contributed by atoms with Gasteiger partial charge >= 0.3 is 21.4 Å². The van der Waals surface area contributed by atoms with Gasteiger partial charge in [0.05, 0.1) is 11.2 Å². The monoisotopic (exact) mass is 494 g/mol. The molecule has 0 amide bonds. The summed E-state index contributed by atoms with van der Waals surface area (Å²) in [4.78, 5) is 0. The van der Waals surface area contributed by atoms with Crippen LogP contribution < -0.4 is 10.9 Å². The topological polar surface area (TPSA) is 99.4 Å². The van der Waals surface area contributed by atoms with Gasteiger partial charge in [0.2, 0.25) is 0 Å². The van der Waals surface area contributed by atoms with Gasteiger partial charge in [-0.05, 0) is 95.4 Å². The van der Waals surface area contributed by atoms with Crippen LogP contribution in [0.25, 0.3) is 11.1 Å². The van der Waals surface area contributed by atoms with Crippen molar-refractivity contribution in [2.45, 2.75) is 73.4 Å². The van der Waals surface area contributed by atoms with Gasteiger partial charge in [-0.2, -0.15) is 0 Å². The lowest BCUT2D eigenvalue weighted by Crippen LogP contribution is -2.41. The van der Waals surface area contributed by atoms with Crippen LogP contribution in [0.2, 0.25) is 6.82 Å². The van der Waals surface area contributed by atoms with Crippen molar-refractivity contribution in [3.63, 3.8) is 0 Å². The van der Waals surface area contributed by atoms with Gasteiger partial charge in [-0.15, -0.1) is 0 Å². The second kappa shape index (κ2) is 14.0. The van der Waals surface area contributed by atoms with Crippen LogP contribution in [0, 0.1) is 0 Å².